The highest BCUT2D eigenvalue weighted by molar-refractivity contribution is 6.17. The standard InChI is InChI=1S/C12H14ClF2NO/c1-2-16(7-3-6-13)12(17)9-4-5-10(14)11(15)8-9/h4-5,8H,2-3,6-7H2,1H3. The molecule has 0 aromatic heterocycles. The lowest BCUT2D eigenvalue weighted by atomic mass is 10.2. The molecule has 0 N–H and O–H groups in total. The molecule has 1 aromatic carbocycles. The lowest BCUT2D eigenvalue weighted by molar-refractivity contribution is 0.0764. The Balaban J connectivity index is 2.82. The van der Waals surface area contributed by atoms with E-state index < -0.39 is 11.6 Å². The van der Waals surface area contributed by atoms with E-state index in [9.17, 15) is 13.6 Å². The molecular formula is C12H14ClF2NO. The highest BCUT2D eigenvalue weighted by Gasteiger charge is 2.15. The average molecular weight is 262 g/mol. The molecule has 5 heteroatoms. The van der Waals surface area contributed by atoms with Crippen LogP contribution in [0.4, 0.5) is 8.78 Å². The molecular weight excluding hydrogens is 248 g/mol. The Kier molecular flexibility index (Phi) is 5.35. The fourth-order valence-corrected chi connectivity index (χ4v) is 1.59. The van der Waals surface area contributed by atoms with Gasteiger partial charge in [-0.25, -0.2) is 8.78 Å². The van der Waals surface area contributed by atoms with Crippen LogP contribution in [0.1, 0.15) is 23.7 Å². The number of alkyl halides is 1. The highest BCUT2D eigenvalue weighted by Crippen LogP contribution is 2.11. The molecule has 0 aliphatic heterocycles. The van der Waals surface area contributed by atoms with Gasteiger partial charge in [0.15, 0.2) is 11.6 Å². The van der Waals surface area contributed by atoms with Crippen LogP contribution in [0.25, 0.3) is 0 Å². The van der Waals surface area contributed by atoms with Crippen molar-refractivity contribution in [2.24, 2.45) is 0 Å². The van der Waals surface area contributed by atoms with Crippen LogP contribution in [-0.4, -0.2) is 29.8 Å². The van der Waals surface area contributed by atoms with Gasteiger partial charge in [-0.3, -0.25) is 4.79 Å². The van der Waals surface area contributed by atoms with Crippen molar-refractivity contribution in [3.05, 3.63) is 35.4 Å². The van der Waals surface area contributed by atoms with E-state index in [0.29, 0.717) is 25.4 Å². The first-order valence-electron chi connectivity index (χ1n) is 5.40. The number of hydrogen-bond acceptors (Lipinski definition) is 1. The van der Waals surface area contributed by atoms with Gasteiger partial charge in [-0.05, 0) is 31.5 Å². The summed E-state index contributed by atoms with van der Waals surface area (Å²) in [6.07, 6.45) is 0.671. The van der Waals surface area contributed by atoms with Crippen LogP contribution >= 0.6 is 11.6 Å². The fourth-order valence-electron chi connectivity index (χ4n) is 1.47. The van der Waals surface area contributed by atoms with Gasteiger partial charge in [0.2, 0.25) is 0 Å². The Hall–Kier alpha value is -1.16. The predicted molar refractivity (Wildman–Crippen MR) is 63.3 cm³/mol. The van der Waals surface area contributed by atoms with Gasteiger partial charge >= 0.3 is 0 Å². The molecule has 0 bridgehead atoms. The topological polar surface area (TPSA) is 20.3 Å². The molecule has 0 aliphatic rings. The summed E-state index contributed by atoms with van der Waals surface area (Å²) in [5, 5.41) is 0. The monoisotopic (exact) mass is 261 g/mol. The number of amides is 1. The molecule has 1 aromatic rings. The van der Waals surface area contributed by atoms with Crippen LogP contribution in [0.15, 0.2) is 18.2 Å². The van der Waals surface area contributed by atoms with Gasteiger partial charge in [-0.1, -0.05) is 0 Å². The third-order valence-electron chi connectivity index (χ3n) is 2.40. The zero-order chi connectivity index (χ0) is 12.8. The number of hydrogen-bond donors (Lipinski definition) is 0. The van der Waals surface area contributed by atoms with Gasteiger partial charge < -0.3 is 4.90 Å². The second-order valence-corrected chi connectivity index (χ2v) is 3.93. The van der Waals surface area contributed by atoms with Crippen molar-refractivity contribution in [1.82, 2.24) is 4.90 Å². The minimum atomic E-state index is -1.01. The molecule has 0 atom stereocenters. The Morgan fingerprint density at radius 3 is 2.59 bits per heavy atom. The third-order valence-corrected chi connectivity index (χ3v) is 2.66. The summed E-state index contributed by atoms with van der Waals surface area (Å²) in [6.45, 7) is 2.85. The van der Waals surface area contributed by atoms with Crippen molar-refractivity contribution in [1.29, 1.82) is 0 Å². The maximum Gasteiger partial charge on any atom is 0.253 e. The smallest absolute Gasteiger partial charge is 0.253 e. The maximum atomic E-state index is 13.0. The third kappa shape index (κ3) is 3.66. The van der Waals surface area contributed by atoms with Gasteiger partial charge in [-0.2, -0.15) is 0 Å². The fraction of sp³-hybridized carbons (Fsp3) is 0.417. The van der Waals surface area contributed by atoms with Gasteiger partial charge in [0.1, 0.15) is 0 Å². The van der Waals surface area contributed by atoms with E-state index in [0.717, 1.165) is 12.1 Å². The largest absolute Gasteiger partial charge is 0.339 e. The summed E-state index contributed by atoms with van der Waals surface area (Å²) < 4.78 is 25.7. The van der Waals surface area contributed by atoms with Crippen molar-refractivity contribution < 1.29 is 13.6 Å². The SMILES string of the molecule is CCN(CCCCl)C(=O)c1ccc(F)c(F)c1. The first kappa shape index (κ1) is 13.9. The molecule has 0 spiro atoms. The minimum absolute atomic E-state index is 0.153. The van der Waals surface area contributed by atoms with E-state index in [-0.39, 0.29) is 11.5 Å². The highest BCUT2D eigenvalue weighted by atomic mass is 35.5. The molecule has 1 amide bonds. The summed E-state index contributed by atoms with van der Waals surface area (Å²) in [7, 11) is 0. The van der Waals surface area contributed by atoms with Gasteiger partial charge in [0.25, 0.3) is 5.91 Å². The molecule has 2 nitrogen and oxygen atoms in total. The van der Waals surface area contributed by atoms with Crippen LogP contribution in [0, 0.1) is 11.6 Å². The normalized spacial score (nSPS) is 10.4. The van der Waals surface area contributed by atoms with Crippen LogP contribution in [0.3, 0.4) is 0 Å². The van der Waals surface area contributed by atoms with Gasteiger partial charge in [0, 0.05) is 24.5 Å². The number of nitrogens with zero attached hydrogens (tertiary/aromatic N) is 1. The Morgan fingerprint density at radius 1 is 1.35 bits per heavy atom. The van der Waals surface area contributed by atoms with E-state index >= 15 is 0 Å². The van der Waals surface area contributed by atoms with Crippen molar-refractivity contribution in [2.75, 3.05) is 19.0 Å². The quantitative estimate of drug-likeness (QED) is 0.746. The van der Waals surface area contributed by atoms with Crippen LogP contribution in [-0.2, 0) is 0 Å². The van der Waals surface area contributed by atoms with Gasteiger partial charge in [0.05, 0.1) is 0 Å². The van der Waals surface area contributed by atoms with E-state index in [1.54, 1.807) is 4.90 Å². The average Bonchev–Trinajstić information content (AvgIpc) is 2.33. The van der Waals surface area contributed by atoms with Crippen molar-refractivity contribution >= 4 is 17.5 Å². The summed E-state index contributed by atoms with van der Waals surface area (Å²) >= 11 is 5.55. The number of carbonyl (C=O) groups excluding carboxylic acids is 1. The second-order valence-electron chi connectivity index (χ2n) is 3.56. The van der Waals surface area contributed by atoms with E-state index in [2.05, 4.69) is 0 Å². The lowest BCUT2D eigenvalue weighted by Crippen LogP contribution is -2.32. The van der Waals surface area contributed by atoms with Crippen molar-refractivity contribution in [2.45, 2.75) is 13.3 Å². The molecule has 17 heavy (non-hydrogen) atoms. The summed E-state index contributed by atoms with van der Waals surface area (Å²) in [6, 6.07) is 3.16. The molecule has 0 aliphatic carbocycles. The maximum absolute atomic E-state index is 13.0. The number of halogens is 3. The number of rotatable bonds is 5. The molecule has 1 rings (SSSR count). The minimum Gasteiger partial charge on any atom is -0.339 e. The summed E-state index contributed by atoms with van der Waals surface area (Å²) in [4.78, 5) is 13.5. The number of benzene rings is 1. The summed E-state index contributed by atoms with van der Waals surface area (Å²) in [5.74, 6) is -1.81. The van der Waals surface area contributed by atoms with Crippen molar-refractivity contribution in [3.8, 4) is 0 Å². The molecule has 0 radical (unpaired) electrons. The molecule has 94 valence electrons. The zero-order valence-electron chi connectivity index (χ0n) is 9.55. The van der Waals surface area contributed by atoms with Crippen LogP contribution in [0.5, 0.6) is 0 Å². The van der Waals surface area contributed by atoms with E-state index in [1.807, 2.05) is 6.92 Å². The molecule has 0 saturated carbocycles. The van der Waals surface area contributed by atoms with Gasteiger partial charge in [-0.15, -0.1) is 11.6 Å². The Morgan fingerprint density at radius 2 is 2.06 bits per heavy atom. The van der Waals surface area contributed by atoms with Crippen molar-refractivity contribution in [3.63, 3.8) is 0 Å². The Bertz CT molecular complexity index is 398. The Labute approximate surface area is 104 Å². The van der Waals surface area contributed by atoms with Crippen LogP contribution < -0.4 is 0 Å². The predicted octanol–water partition coefficient (Wildman–Crippen LogP) is 3.06. The van der Waals surface area contributed by atoms with E-state index in [1.165, 1.54) is 6.07 Å². The number of carbonyl (C=O) groups is 1. The van der Waals surface area contributed by atoms with E-state index in [4.69, 9.17) is 11.6 Å². The molecule has 0 fully saturated rings. The first-order valence-corrected chi connectivity index (χ1v) is 5.94. The molecule has 0 heterocycles. The molecule has 0 unspecified atom stereocenters. The molecule has 0 saturated heterocycles. The second kappa shape index (κ2) is 6.55. The first-order chi connectivity index (χ1) is 8.10. The van der Waals surface area contributed by atoms with Crippen LogP contribution in [0.2, 0.25) is 0 Å². The lowest BCUT2D eigenvalue weighted by Gasteiger charge is -2.20. The summed E-state index contributed by atoms with van der Waals surface area (Å²) in [5.41, 5.74) is 0.153. The zero-order valence-corrected chi connectivity index (χ0v) is 10.3.